The molecule has 0 aliphatic carbocycles. The van der Waals surface area contributed by atoms with Gasteiger partial charge in [-0.15, -0.1) is 0 Å². The van der Waals surface area contributed by atoms with Crippen molar-refractivity contribution in [2.75, 3.05) is 33.2 Å². The molecule has 1 aliphatic rings. The number of rotatable bonds is 2. The molecule has 0 radical (unpaired) electrons. The number of benzene rings is 1. The SMILES string of the molecule is Cc1cc(C)c(/C=C(\C#N)C(=O)N2CCN(C)CC2)c(C)c1. The van der Waals surface area contributed by atoms with Crippen LogP contribution < -0.4 is 0 Å². The molecule has 0 N–H and O–H groups in total. The summed E-state index contributed by atoms with van der Waals surface area (Å²) in [4.78, 5) is 16.5. The van der Waals surface area contributed by atoms with Gasteiger partial charge in [0.25, 0.3) is 5.91 Å². The van der Waals surface area contributed by atoms with Gasteiger partial charge in [0.2, 0.25) is 0 Å². The van der Waals surface area contributed by atoms with Gasteiger partial charge >= 0.3 is 0 Å². The first kappa shape index (κ1) is 16.3. The van der Waals surface area contributed by atoms with Crippen molar-refractivity contribution in [2.45, 2.75) is 20.8 Å². The van der Waals surface area contributed by atoms with Crippen LogP contribution in [0, 0.1) is 32.1 Å². The summed E-state index contributed by atoms with van der Waals surface area (Å²) in [5.74, 6) is -0.157. The fourth-order valence-electron chi connectivity index (χ4n) is 2.88. The van der Waals surface area contributed by atoms with Gasteiger partial charge in [0.1, 0.15) is 11.6 Å². The molecular weight excluding hydrogens is 274 g/mol. The maximum absolute atomic E-state index is 12.5. The summed E-state index contributed by atoms with van der Waals surface area (Å²) in [7, 11) is 2.04. The summed E-state index contributed by atoms with van der Waals surface area (Å²) in [5, 5.41) is 9.40. The van der Waals surface area contributed by atoms with Crippen LogP contribution in [0.1, 0.15) is 22.3 Å². The fraction of sp³-hybridized carbons (Fsp3) is 0.444. The molecular formula is C18H23N3O. The summed E-state index contributed by atoms with van der Waals surface area (Å²) in [6, 6.07) is 6.24. The number of carbonyl (C=O) groups excluding carboxylic acids is 1. The largest absolute Gasteiger partial charge is 0.335 e. The van der Waals surface area contributed by atoms with Crippen molar-refractivity contribution >= 4 is 12.0 Å². The van der Waals surface area contributed by atoms with Gasteiger partial charge in [-0.25, -0.2) is 0 Å². The lowest BCUT2D eigenvalue weighted by Crippen LogP contribution is -2.47. The molecule has 116 valence electrons. The van der Waals surface area contributed by atoms with E-state index in [1.165, 1.54) is 5.56 Å². The molecule has 0 spiro atoms. The average molecular weight is 297 g/mol. The standard InChI is InChI=1S/C18H23N3O/c1-13-9-14(2)17(15(3)10-13)11-16(12-19)18(22)21-7-5-20(4)6-8-21/h9-11H,5-8H2,1-4H3/b16-11+. The van der Waals surface area contributed by atoms with Crippen molar-refractivity contribution in [3.8, 4) is 6.07 Å². The van der Waals surface area contributed by atoms with E-state index in [1.54, 1.807) is 11.0 Å². The Balaban J connectivity index is 2.28. The molecule has 0 saturated carbocycles. The van der Waals surface area contributed by atoms with E-state index in [1.807, 2.05) is 27.8 Å². The highest BCUT2D eigenvalue weighted by Gasteiger charge is 2.22. The van der Waals surface area contributed by atoms with E-state index in [-0.39, 0.29) is 11.5 Å². The molecule has 0 bridgehead atoms. The molecule has 1 heterocycles. The van der Waals surface area contributed by atoms with Crippen molar-refractivity contribution in [2.24, 2.45) is 0 Å². The summed E-state index contributed by atoms with van der Waals surface area (Å²) < 4.78 is 0. The summed E-state index contributed by atoms with van der Waals surface area (Å²) in [6.45, 7) is 9.15. The van der Waals surface area contributed by atoms with Crippen molar-refractivity contribution in [3.05, 3.63) is 40.0 Å². The minimum Gasteiger partial charge on any atom is -0.335 e. The highest BCUT2D eigenvalue weighted by molar-refractivity contribution is 6.02. The molecule has 1 saturated heterocycles. The Hall–Kier alpha value is -2.12. The Kier molecular flexibility index (Phi) is 4.99. The Labute approximate surface area is 132 Å². The number of nitriles is 1. The molecule has 0 aromatic heterocycles. The number of hydrogen-bond donors (Lipinski definition) is 0. The minimum atomic E-state index is -0.157. The van der Waals surface area contributed by atoms with Gasteiger partial charge in [0.05, 0.1) is 0 Å². The summed E-state index contributed by atoms with van der Waals surface area (Å²) in [6.07, 6.45) is 1.74. The second kappa shape index (κ2) is 6.76. The number of carbonyl (C=O) groups is 1. The van der Waals surface area contributed by atoms with Crippen LogP contribution in [0.5, 0.6) is 0 Å². The normalized spacial score (nSPS) is 16.5. The zero-order valence-corrected chi connectivity index (χ0v) is 13.8. The topological polar surface area (TPSA) is 47.3 Å². The van der Waals surface area contributed by atoms with E-state index in [0.717, 1.165) is 29.8 Å². The van der Waals surface area contributed by atoms with Crippen LogP contribution in [0.3, 0.4) is 0 Å². The Morgan fingerprint density at radius 1 is 1.14 bits per heavy atom. The Bertz CT molecular complexity index is 624. The summed E-state index contributed by atoms with van der Waals surface area (Å²) in [5.41, 5.74) is 4.58. The molecule has 0 atom stereocenters. The van der Waals surface area contributed by atoms with Gasteiger partial charge in [-0.3, -0.25) is 4.79 Å². The molecule has 1 amide bonds. The average Bonchev–Trinajstić information content (AvgIpc) is 2.47. The second-order valence-electron chi connectivity index (χ2n) is 6.08. The van der Waals surface area contributed by atoms with E-state index in [2.05, 4.69) is 23.1 Å². The number of hydrogen-bond acceptors (Lipinski definition) is 3. The molecule has 4 nitrogen and oxygen atoms in total. The van der Waals surface area contributed by atoms with Crippen LogP contribution in [0.2, 0.25) is 0 Å². The number of aryl methyl sites for hydroxylation is 3. The highest BCUT2D eigenvalue weighted by atomic mass is 16.2. The first-order chi connectivity index (χ1) is 10.4. The molecule has 4 heteroatoms. The quantitative estimate of drug-likeness (QED) is 0.621. The maximum atomic E-state index is 12.5. The zero-order valence-electron chi connectivity index (χ0n) is 13.8. The van der Waals surface area contributed by atoms with Gasteiger partial charge in [-0.2, -0.15) is 5.26 Å². The number of nitrogens with zero attached hydrogens (tertiary/aromatic N) is 3. The van der Waals surface area contributed by atoms with Gasteiger partial charge in [-0.05, 0) is 50.6 Å². The predicted octanol–water partition coefficient (Wildman–Crippen LogP) is 2.29. The first-order valence-corrected chi connectivity index (χ1v) is 7.60. The second-order valence-corrected chi connectivity index (χ2v) is 6.08. The fourth-order valence-corrected chi connectivity index (χ4v) is 2.88. The molecule has 1 aliphatic heterocycles. The minimum absolute atomic E-state index is 0.157. The van der Waals surface area contributed by atoms with Crippen LogP contribution in [0.25, 0.3) is 6.08 Å². The third kappa shape index (κ3) is 3.55. The molecule has 2 rings (SSSR count). The van der Waals surface area contributed by atoms with Gasteiger partial charge in [-0.1, -0.05) is 17.7 Å². The van der Waals surface area contributed by atoms with Crippen LogP contribution >= 0.6 is 0 Å². The van der Waals surface area contributed by atoms with Crippen molar-refractivity contribution in [1.82, 2.24) is 9.80 Å². The lowest BCUT2D eigenvalue weighted by atomic mass is 9.97. The Morgan fingerprint density at radius 3 is 2.18 bits per heavy atom. The van der Waals surface area contributed by atoms with E-state index < -0.39 is 0 Å². The molecule has 22 heavy (non-hydrogen) atoms. The lowest BCUT2D eigenvalue weighted by Gasteiger charge is -2.32. The van der Waals surface area contributed by atoms with Crippen LogP contribution in [-0.2, 0) is 4.79 Å². The number of likely N-dealkylation sites (N-methyl/N-ethyl adjacent to an activating group) is 1. The third-order valence-electron chi connectivity index (χ3n) is 4.17. The zero-order chi connectivity index (χ0) is 16.3. The third-order valence-corrected chi connectivity index (χ3v) is 4.17. The van der Waals surface area contributed by atoms with Crippen LogP contribution in [0.15, 0.2) is 17.7 Å². The van der Waals surface area contributed by atoms with Crippen LogP contribution in [-0.4, -0.2) is 48.9 Å². The summed E-state index contributed by atoms with van der Waals surface area (Å²) >= 11 is 0. The van der Waals surface area contributed by atoms with E-state index in [9.17, 15) is 10.1 Å². The number of piperazine rings is 1. The maximum Gasteiger partial charge on any atom is 0.264 e. The first-order valence-electron chi connectivity index (χ1n) is 7.60. The smallest absolute Gasteiger partial charge is 0.264 e. The van der Waals surface area contributed by atoms with Crippen LogP contribution in [0.4, 0.5) is 0 Å². The van der Waals surface area contributed by atoms with Gasteiger partial charge in [0, 0.05) is 26.2 Å². The Morgan fingerprint density at radius 2 is 1.68 bits per heavy atom. The van der Waals surface area contributed by atoms with Crippen molar-refractivity contribution in [3.63, 3.8) is 0 Å². The molecule has 0 unspecified atom stereocenters. The van der Waals surface area contributed by atoms with E-state index in [0.29, 0.717) is 13.1 Å². The number of amides is 1. The molecule has 1 aromatic carbocycles. The predicted molar refractivity (Wildman–Crippen MR) is 88.3 cm³/mol. The van der Waals surface area contributed by atoms with Crippen molar-refractivity contribution < 1.29 is 4.79 Å². The monoisotopic (exact) mass is 297 g/mol. The molecule has 1 fully saturated rings. The van der Waals surface area contributed by atoms with Gasteiger partial charge < -0.3 is 9.80 Å². The molecule has 1 aromatic rings. The lowest BCUT2D eigenvalue weighted by molar-refractivity contribution is -0.128. The highest BCUT2D eigenvalue weighted by Crippen LogP contribution is 2.20. The van der Waals surface area contributed by atoms with Gasteiger partial charge in [0.15, 0.2) is 0 Å². The van der Waals surface area contributed by atoms with Crippen molar-refractivity contribution in [1.29, 1.82) is 5.26 Å². The van der Waals surface area contributed by atoms with E-state index in [4.69, 9.17) is 0 Å². The van der Waals surface area contributed by atoms with E-state index >= 15 is 0 Å².